The predicted octanol–water partition coefficient (Wildman–Crippen LogP) is 7.05. The van der Waals surface area contributed by atoms with Gasteiger partial charge >= 0.3 is 5.97 Å². The third-order valence-corrected chi connectivity index (χ3v) is 5.30. The van der Waals surface area contributed by atoms with E-state index < -0.39 is 12.1 Å². The van der Waals surface area contributed by atoms with Crippen LogP contribution in [-0.4, -0.2) is 17.7 Å². The molecule has 0 aliphatic rings. The summed E-state index contributed by atoms with van der Waals surface area (Å²) >= 11 is 6.10. The van der Waals surface area contributed by atoms with Gasteiger partial charge in [0.25, 0.3) is 0 Å². The lowest BCUT2D eigenvalue weighted by atomic mass is 9.86. The van der Waals surface area contributed by atoms with Gasteiger partial charge in [0, 0.05) is 17.2 Å². The number of aryl methyl sites for hydroxylation is 1. The molecule has 29 heavy (non-hydrogen) atoms. The largest absolute Gasteiger partial charge is 0.479 e. The van der Waals surface area contributed by atoms with Crippen molar-refractivity contribution < 1.29 is 14.6 Å². The summed E-state index contributed by atoms with van der Waals surface area (Å²) in [6, 6.07) is 15.6. The minimum Gasteiger partial charge on any atom is -0.479 e. The van der Waals surface area contributed by atoms with Gasteiger partial charge in [-0.05, 0) is 64.6 Å². The van der Waals surface area contributed by atoms with E-state index in [-0.39, 0.29) is 0 Å². The van der Waals surface area contributed by atoms with Crippen molar-refractivity contribution in [3.63, 3.8) is 0 Å². The van der Waals surface area contributed by atoms with Gasteiger partial charge in [-0.25, -0.2) is 4.79 Å². The monoisotopic (exact) mass is 408 g/mol. The van der Waals surface area contributed by atoms with E-state index >= 15 is 0 Å². The summed E-state index contributed by atoms with van der Waals surface area (Å²) in [4.78, 5) is 12.2. The second kappa shape index (κ2) is 9.25. The van der Waals surface area contributed by atoms with Crippen molar-refractivity contribution in [1.29, 1.82) is 0 Å². The SMILES string of the molecule is C=Cc1ccc2cc(C)c(C(OCCCC)C(=O)O)c(-c3ccc(Cl)cc3)c2c1. The van der Waals surface area contributed by atoms with E-state index in [1.54, 1.807) is 6.08 Å². The fourth-order valence-electron chi connectivity index (χ4n) is 3.59. The molecule has 1 unspecified atom stereocenters. The van der Waals surface area contributed by atoms with Crippen LogP contribution in [0.4, 0.5) is 0 Å². The molecular weight excluding hydrogens is 384 g/mol. The molecule has 0 bridgehead atoms. The van der Waals surface area contributed by atoms with Crippen LogP contribution in [0.15, 0.2) is 55.1 Å². The van der Waals surface area contributed by atoms with Crippen molar-refractivity contribution in [3.05, 3.63) is 76.8 Å². The third kappa shape index (κ3) is 4.52. The van der Waals surface area contributed by atoms with E-state index in [2.05, 4.69) is 13.5 Å². The second-order valence-electron chi connectivity index (χ2n) is 7.12. The zero-order valence-corrected chi connectivity index (χ0v) is 17.5. The van der Waals surface area contributed by atoms with Crippen LogP contribution < -0.4 is 0 Å². The van der Waals surface area contributed by atoms with Gasteiger partial charge in [0.05, 0.1) is 0 Å². The number of aliphatic carboxylic acids is 1. The van der Waals surface area contributed by atoms with Crippen LogP contribution in [0.1, 0.15) is 42.6 Å². The van der Waals surface area contributed by atoms with E-state index in [0.29, 0.717) is 17.2 Å². The average molecular weight is 409 g/mol. The summed E-state index contributed by atoms with van der Waals surface area (Å²) in [5, 5.41) is 12.6. The Hall–Kier alpha value is -2.62. The first kappa shape index (κ1) is 21.1. The summed E-state index contributed by atoms with van der Waals surface area (Å²) in [5.41, 5.74) is 4.32. The van der Waals surface area contributed by atoms with Crippen LogP contribution in [0.5, 0.6) is 0 Å². The number of hydrogen-bond acceptors (Lipinski definition) is 2. The molecule has 0 heterocycles. The highest BCUT2D eigenvalue weighted by molar-refractivity contribution is 6.30. The van der Waals surface area contributed by atoms with Crippen molar-refractivity contribution in [2.45, 2.75) is 32.8 Å². The van der Waals surface area contributed by atoms with Crippen LogP contribution in [0.25, 0.3) is 28.0 Å². The molecule has 3 aromatic carbocycles. The fraction of sp³-hybridized carbons (Fsp3) is 0.240. The molecule has 1 atom stereocenters. The molecule has 0 amide bonds. The van der Waals surface area contributed by atoms with E-state index in [1.165, 1.54) is 0 Å². The summed E-state index contributed by atoms with van der Waals surface area (Å²) in [6.07, 6.45) is 2.50. The molecule has 0 fully saturated rings. The number of ether oxygens (including phenoxy) is 1. The number of halogens is 1. The highest BCUT2D eigenvalue weighted by Gasteiger charge is 2.27. The first-order valence-corrected chi connectivity index (χ1v) is 10.1. The number of fused-ring (bicyclic) bond motifs is 1. The minimum absolute atomic E-state index is 0.400. The number of unbranched alkanes of at least 4 members (excludes halogenated alkanes) is 1. The topological polar surface area (TPSA) is 46.5 Å². The quantitative estimate of drug-likeness (QED) is 0.406. The maximum Gasteiger partial charge on any atom is 0.337 e. The van der Waals surface area contributed by atoms with E-state index in [4.69, 9.17) is 16.3 Å². The zero-order chi connectivity index (χ0) is 21.0. The number of carboxylic acid groups (broad SMARTS) is 1. The lowest BCUT2D eigenvalue weighted by Gasteiger charge is -2.22. The van der Waals surface area contributed by atoms with E-state index in [0.717, 1.165) is 45.9 Å². The van der Waals surface area contributed by atoms with Gasteiger partial charge in [-0.15, -0.1) is 0 Å². The fourth-order valence-corrected chi connectivity index (χ4v) is 3.71. The van der Waals surface area contributed by atoms with Gasteiger partial charge in [-0.2, -0.15) is 0 Å². The Labute approximate surface area is 176 Å². The van der Waals surface area contributed by atoms with Crippen LogP contribution in [0.3, 0.4) is 0 Å². The summed E-state index contributed by atoms with van der Waals surface area (Å²) in [6.45, 7) is 8.26. The van der Waals surface area contributed by atoms with Crippen molar-refractivity contribution in [2.75, 3.05) is 6.61 Å². The molecule has 0 aromatic heterocycles. The Bertz CT molecular complexity index is 1040. The van der Waals surface area contributed by atoms with Gasteiger partial charge in [0.15, 0.2) is 6.10 Å². The molecule has 0 saturated heterocycles. The van der Waals surface area contributed by atoms with Crippen LogP contribution in [-0.2, 0) is 9.53 Å². The van der Waals surface area contributed by atoms with Crippen LogP contribution in [0.2, 0.25) is 5.02 Å². The van der Waals surface area contributed by atoms with Gasteiger partial charge in [-0.1, -0.05) is 67.9 Å². The standard InChI is InChI=1S/C25H25ClO3/c1-4-6-13-29-24(25(27)28)22-16(3)14-19-8-7-17(5-2)15-21(19)23(22)18-9-11-20(26)12-10-18/h5,7-12,14-15,24H,2,4,6,13H2,1,3H3,(H,27,28). The molecule has 0 spiro atoms. The van der Waals surface area contributed by atoms with Crippen molar-refractivity contribution >= 4 is 34.4 Å². The number of benzene rings is 3. The number of carbonyl (C=O) groups is 1. The smallest absolute Gasteiger partial charge is 0.337 e. The van der Waals surface area contributed by atoms with Gasteiger partial charge < -0.3 is 9.84 Å². The third-order valence-electron chi connectivity index (χ3n) is 5.05. The summed E-state index contributed by atoms with van der Waals surface area (Å²) in [5.74, 6) is -0.987. The maximum atomic E-state index is 12.2. The van der Waals surface area contributed by atoms with E-state index in [9.17, 15) is 9.90 Å². The lowest BCUT2D eigenvalue weighted by Crippen LogP contribution is -2.18. The molecule has 150 valence electrons. The Balaban J connectivity index is 2.33. The minimum atomic E-state index is -1.04. The normalized spacial score (nSPS) is 12.1. The Morgan fingerprint density at radius 3 is 2.55 bits per heavy atom. The molecule has 0 aliphatic heterocycles. The molecule has 4 heteroatoms. The van der Waals surface area contributed by atoms with Crippen LogP contribution in [0, 0.1) is 6.92 Å². The molecular formula is C25H25ClO3. The second-order valence-corrected chi connectivity index (χ2v) is 7.55. The van der Waals surface area contributed by atoms with E-state index in [1.807, 2.05) is 55.5 Å². The maximum absolute atomic E-state index is 12.2. The van der Waals surface area contributed by atoms with Gasteiger partial charge in [0.1, 0.15) is 0 Å². The predicted molar refractivity (Wildman–Crippen MR) is 120 cm³/mol. The molecule has 3 nitrogen and oxygen atoms in total. The molecule has 0 saturated carbocycles. The number of carboxylic acids is 1. The van der Waals surface area contributed by atoms with Crippen molar-refractivity contribution in [3.8, 4) is 11.1 Å². The highest BCUT2D eigenvalue weighted by Crippen LogP contribution is 2.40. The highest BCUT2D eigenvalue weighted by atomic mass is 35.5. The molecule has 0 radical (unpaired) electrons. The number of hydrogen-bond donors (Lipinski definition) is 1. The molecule has 0 aliphatic carbocycles. The number of rotatable bonds is 8. The summed E-state index contributed by atoms with van der Waals surface area (Å²) in [7, 11) is 0. The van der Waals surface area contributed by atoms with Gasteiger partial charge in [0.2, 0.25) is 0 Å². The van der Waals surface area contributed by atoms with Gasteiger partial charge in [-0.3, -0.25) is 0 Å². The Morgan fingerprint density at radius 1 is 1.21 bits per heavy atom. The van der Waals surface area contributed by atoms with Crippen molar-refractivity contribution in [1.82, 2.24) is 0 Å². The van der Waals surface area contributed by atoms with Crippen LogP contribution >= 0.6 is 11.6 Å². The summed E-state index contributed by atoms with van der Waals surface area (Å²) < 4.78 is 5.86. The van der Waals surface area contributed by atoms with Crippen molar-refractivity contribution in [2.24, 2.45) is 0 Å². The average Bonchev–Trinajstić information content (AvgIpc) is 2.71. The lowest BCUT2D eigenvalue weighted by molar-refractivity contribution is -0.151. The Kier molecular flexibility index (Phi) is 6.73. The first-order valence-electron chi connectivity index (χ1n) is 9.76. The molecule has 3 aromatic rings. The zero-order valence-electron chi connectivity index (χ0n) is 16.7. The molecule has 1 N–H and O–H groups in total. The Morgan fingerprint density at radius 2 is 1.93 bits per heavy atom. The first-order chi connectivity index (χ1) is 14.0. The molecule has 3 rings (SSSR count).